The van der Waals surface area contributed by atoms with Crippen molar-refractivity contribution in [1.29, 1.82) is 0 Å². The molecule has 2 nitrogen and oxygen atoms in total. The quantitative estimate of drug-likeness (QED) is 0.616. The van der Waals surface area contributed by atoms with E-state index in [1.54, 1.807) is 12.4 Å². The number of aromatic nitrogens is 1. The number of ether oxygens (including phenoxy) is 1. The third-order valence-electron chi connectivity index (χ3n) is 1.16. The van der Waals surface area contributed by atoms with Crippen molar-refractivity contribution in [3.63, 3.8) is 0 Å². The lowest BCUT2D eigenvalue weighted by atomic mass is 10.3. The lowest BCUT2D eigenvalue weighted by Crippen LogP contribution is -1.93. The number of pyridine rings is 1. The summed E-state index contributed by atoms with van der Waals surface area (Å²) >= 11 is 0. The van der Waals surface area contributed by atoms with Gasteiger partial charge in [0.25, 0.3) is 0 Å². The second-order valence-electron chi connectivity index (χ2n) is 1.92. The molecule has 1 aromatic rings. The molecule has 0 saturated carbocycles. The van der Waals surface area contributed by atoms with E-state index in [2.05, 4.69) is 11.9 Å². The maximum Gasteiger partial charge on any atom is 0.125 e. The topological polar surface area (TPSA) is 22.1 Å². The summed E-state index contributed by atoms with van der Waals surface area (Å²) in [5.41, 5.74) is 0.837. The molecule has 0 saturated heterocycles. The monoisotopic (exact) mass is 136 g/mol. The molecule has 0 aliphatic rings. The van der Waals surface area contributed by atoms with Crippen LogP contribution >= 0.6 is 0 Å². The van der Waals surface area contributed by atoms with Crippen LogP contribution in [0.3, 0.4) is 0 Å². The molecule has 0 aliphatic carbocycles. The predicted molar refractivity (Wildman–Crippen MR) is 39.9 cm³/mol. The van der Waals surface area contributed by atoms with Crippen molar-refractivity contribution in [3.05, 3.63) is 30.9 Å². The summed E-state index contributed by atoms with van der Waals surface area (Å²) < 4.78 is 5.23. The first-order valence-corrected chi connectivity index (χ1v) is 3.23. The average Bonchev–Trinajstić information content (AvgIpc) is 1.94. The van der Waals surface area contributed by atoms with Crippen LogP contribution in [0.25, 0.3) is 0 Å². The van der Waals surface area contributed by atoms with Gasteiger partial charge in [-0.1, -0.05) is 0 Å². The Morgan fingerprint density at radius 3 is 3.10 bits per heavy atom. The van der Waals surface area contributed by atoms with Crippen molar-refractivity contribution in [2.24, 2.45) is 0 Å². The molecule has 1 radical (unpaired) electrons. The minimum Gasteiger partial charge on any atom is -0.493 e. The first kappa shape index (κ1) is 7.06. The highest BCUT2D eigenvalue weighted by atomic mass is 16.5. The Bertz CT molecular complexity index is 210. The van der Waals surface area contributed by atoms with E-state index < -0.39 is 0 Å². The van der Waals surface area contributed by atoms with Crippen LogP contribution in [-0.4, -0.2) is 11.6 Å². The maximum absolute atomic E-state index is 5.23. The SMILES string of the molecule is [CH2]c1cnccc1OCC. The fourth-order valence-corrected chi connectivity index (χ4v) is 0.711. The molecular formula is C8H10NO. The molecule has 0 amide bonds. The number of rotatable bonds is 2. The summed E-state index contributed by atoms with van der Waals surface area (Å²) in [6.45, 7) is 6.37. The van der Waals surface area contributed by atoms with Crippen LogP contribution in [-0.2, 0) is 0 Å². The largest absolute Gasteiger partial charge is 0.493 e. The van der Waals surface area contributed by atoms with E-state index in [4.69, 9.17) is 4.74 Å². The van der Waals surface area contributed by atoms with Gasteiger partial charge in [-0.3, -0.25) is 4.98 Å². The first-order valence-electron chi connectivity index (χ1n) is 3.23. The average molecular weight is 136 g/mol. The smallest absolute Gasteiger partial charge is 0.125 e. The highest BCUT2D eigenvalue weighted by Crippen LogP contribution is 2.13. The van der Waals surface area contributed by atoms with Gasteiger partial charge in [0.15, 0.2) is 0 Å². The van der Waals surface area contributed by atoms with E-state index >= 15 is 0 Å². The summed E-state index contributed by atoms with van der Waals surface area (Å²) in [6, 6.07) is 1.81. The van der Waals surface area contributed by atoms with Crippen molar-refractivity contribution in [2.45, 2.75) is 6.92 Å². The number of nitrogens with zero attached hydrogens (tertiary/aromatic N) is 1. The van der Waals surface area contributed by atoms with E-state index in [1.165, 1.54) is 0 Å². The minimum atomic E-state index is 0.673. The molecule has 0 N–H and O–H groups in total. The molecule has 10 heavy (non-hydrogen) atoms. The third-order valence-corrected chi connectivity index (χ3v) is 1.16. The van der Waals surface area contributed by atoms with Crippen LogP contribution in [0.15, 0.2) is 18.5 Å². The number of hydrogen-bond acceptors (Lipinski definition) is 2. The Hall–Kier alpha value is -1.05. The van der Waals surface area contributed by atoms with E-state index in [0.29, 0.717) is 6.61 Å². The molecule has 0 unspecified atom stereocenters. The first-order chi connectivity index (χ1) is 4.84. The Kier molecular flexibility index (Phi) is 2.26. The molecule has 1 aromatic heterocycles. The van der Waals surface area contributed by atoms with E-state index in [9.17, 15) is 0 Å². The van der Waals surface area contributed by atoms with Gasteiger partial charge in [0, 0.05) is 18.0 Å². The zero-order valence-corrected chi connectivity index (χ0v) is 6.00. The summed E-state index contributed by atoms with van der Waals surface area (Å²) in [4.78, 5) is 3.88. The fourth-order valence-electron chi connectivity index (χ4n) is 0.711. The van der Waals surface area contributed by atoms with Crippen molar-refractivity contribution in [1.82, 2.24) is 4.98 Å². The van der Waals surface area contributed by atoms with Crippen molar-refractivity contribution in [3.8, 4) is 5.75 Å². The minimum absolute atomic E-state index is 0.673. The van der Waals surface area contributed by atoms with Crippen LogP contribution in [0, 0.1) is 6.92 Å². The molecule has 0 fully saturated rings. The van der Waals surface area contributed by atoms with Crippen molar-refractivity contribution < 1.29 is 4.74 Å². The van der Waals surface area contributed by atoms with Crippen LogP contribution in [0.4, 0.5) is 0 Å². The zero-order chi connectivity index (χ0) is 7.40. The van der Waals surface area contributed by atoms with Gasteiger partial charge < -0.3 is 4.74 Å². The lowest BCUT2D eigenvalue weighted by molar-refractivity contribution is 0.338. The van der Waals surface area contributed by atoms with Gasteiger partial charge in [0.1, 0.15) is 5.75 Å². The Labute approximate surface area is 60.9 Å². The molecular weight excluding hydrogens is 126 g/mol. The molecule has 0 atom stereocenters. The normalized spacial score (nSPS) is 9.40. The number of hydrogen-bond donors (Lipinski definition) is 0. The molecule has 0 spiro atoms. The zero-order valence-electron chi connectivity index (χ0n) is 6.00. The maximum atomic E-state index is 5.23. The van der Waals surface area contributed by atoms with Gasteiger partial charge >= 0.3 is 0 Å². The van der Waals surface area contributed by atoms with Gasteiger partial charge in [0.05, 0.1) is 6.61 Å². The van der Waals surface area contributed by atoms with Gasteiger partial charge in [-0.15, -0.1) is 0 Å². The summed E-state index contributed by atoms with van der Waals surface area (Å²) in [7, 11) is 0. The highest BCUT2D eigenvalue weighted by Gasteiger charge is 1.94. The molecule has 53 valence electrons. The van der Waals surface area contributed by atoms with Gasteiger partial charge in [-0.25, -0.2) is 0 Å². The van der Waals surface area contributed by atoms with Crippen LogP contribution < -0.4 is 4.74 Å². The molecule has 0 aromatic carbocycles. The van der Waals surface area contributed by atoms with Crippen LogP contribution in [0.2, 0.25) is 0 Å². The summed E-state index contributed by atoms with van der Waals surface area (Å²) in [6.07, 6.45) is 3.38. The highest BCUT2D eigenvalue weighted by molar-refractivity contribution is 5.31. The van der Waals surface area contributed by atoms with E-state index in [-0.39, 0.29) is 0 Å². The molecule has 0 aliphatic heterocycles. The van der Waals surface area contributed by atoms with Crippen LogP contribution in [0.5, 0.6) is 5.75 Å². The van der Waals surface area contributed by atoms with Crippen molar-refractivity contribution in [2.75, 3.05) is 6.61 Å². The fraction of sp³-hybridized carbons (Fsp3) is 0.250. The lowest BCUT2D eigenvalue weighted by Gasteiger charge is -2.03. The van der Waals surface area contributed by atoms with Gasteiger partial charge in [-0.2, -0.15) is 0 Å². The predicted octanol–water partition coefficient (Wildman–Crippen LogP) is 1.66. The Balaban J connectivity index is 2.81. The Morgan fingerprint density at radius 1 is 1.70 bits per heavy atom. The van der Waals surface area contributed by atoms with Gasteiger partial charge in [-0.05, 0) is 19.9 Å². The standard InChI is InChI=1S/C8H10NO/c1-3-10-8-4-5-9-6-7(8)2/h4-6H,2-3H2,1H3. The molecule has 1 heterocycles. The molecule has 1 rings (SSSR count). The second-order valence-corrected chi connectivity index (χ2v) is 1.92. The van der Waals surface area contributed by atoms with Crippen LogP contribution in [0.1, 0.15) is 12.5 Å². The van der Waals surface area contributed by atoms with E-state index in [0.717, 1.165) is 11.3 Å². The second kappa shape index (κ2) is 3.20. The Morgan fingerprint density at radius 2 is 2.50 bits per heavy atom. The molecule has 0 bridgehead atoms. The van der Waals surface area contributed by atoms with Gasteiger partial charge in [0.2, 0.25) is 0 Å². The summed E-state index contributed by atoms with van der Waals surface area (Å²) in [5.74, 6) is 0.817. The van der Waals surface area contributed by atoms with Crippen molar-refractivity contribution >= 4 is 0 Å². The van der Waals surface area contributed by atoms with E-state index in [1.807, 2.05) is 13.0 Å². The summed E-state index contributed by atoms with van der Waals surface area (Å²) in [5, 5.41) is 0. The third kappa shape index (κ3) is 1.47. The molecule has 2 heteroatoms.